The molecule has 6 nitrogen and oxygen atoms in total. The van der Waals surface area contributed by atoms with Crippen molar-refractivity contribution in [2.24, 2.45) is 10.9 Å². The average molecular weight is 474 g/mol. The third-order valence-corrected chi connectivity index (χ3v) is 6.34. The molecule has 8 heteroatoms. The normalized spacial score (nSPS) is 22.1. The SMILES string of the molecule is CCNC(=NCCS(=O)(=O)N(CC)CC)NC1CCCC(C)C1.I. The van der Waals surface area contributed by atoms with Crippen LogP contribution in [0.15, 0.2) is 4.99 Å². The Hall–Kier alpha value is -0.0900. The van der Waals surface area contributed by atoms with E-state index < -0.39 is 10.0 Å². The highest BCUT2D eigenvalue weighted by Gasteiger charge is 2.20. The number of hydrogen-bond donors (Lipinski definition) is 2. The zero-order chi connectivity index (χ0) is 17.3. The van der Waals surface area contributed by atoms with Gasteiger partial charge in [-0.3, -0.25) is 4.99 Å². The van der Waals surface area contributed by atoms with Crippen molar-refractivity contribution in [2.75, 3.05) is 31.9 Å². The maximum Gasteiger partial charge on any atom is 0.215 e. The lowest BCUT2D eigenvalue weighted by Crippen LogP contribution is -2.45. The monoisotopic (exact) mass is 474 g/mol. The predicted octanol–water partition coefficient (Wildman–Crippen LogP) is 2.41. The highest BCUT2D eigenvalue weighted by Crippen LogP contribution is 2.23. The van der Waals surface area contributed by atoms with Crippen molar-refractivity contribution in [1.29, 1.82) is 0 Å². The van der Waals surface area contributed by atoms with Gasteiger partial charge >= 0.3 is 0 Å². The number of rotatable bonds is 8. The molecule has 24 heavy (non-hydrogen) atoms. The lowest BCUT2D eigenvalue weighted by molar-refractivity contribution is 0.324. The Bertz CT molecular complexity index is 467. The fourth-order valence-corrected chi connectivity index (χ4v) is 4.46. The Morgan fingerprint density at radius 2 is 1.88 bits per heavy atom. The van der Waals surface area contributed by atoms with Gasteiger partial charge in [0, 0.05) is 25.7 Å². The van der Waals surface area contributed by atoms with Gasteiger partial charge in [0.2, 0.25) is 10.0 Å². The molecule has 2 unspecified atom stereocenters. The number of sulfonamides is 1. The first-order valence-corrected chi connectivity index (χ1v) is 10.6. The van der Waals surface area contributed by atoms with Gasteiger partial charge in [-0.1, -0.05) is 33.6 Å². The van der Waals surface area contributed by atoms with Gasteiger partial charge in [0.1, 0.15) is 0 Å². The molecule has 1 fully saturated rings. The average Bonchev–Trinajstić information content (AvgIpc) is 2.48. The second-order valence-corrected chi connectivity index (χ2v) is 8.36. The quantitative estimate of drug-likeness (QED) is 0.322. The Balaban J connectivity index is 0.00000529. The molecular weight excluding hydrogens is 439 g/mol. The van der Waals surface area contributed by atoms with Crippen LogP contribution in [0.5, 0.6) is 0 Å². The largest absolute Gasteiger partial charge is 0.357 e. The van der Waals surface area contributed by atoms with Crippen LogP contribution < -0.4 is 10.6 Å². The van der Waals surface area contributed by atoms with Crippen LogP contribution >= 0.6 is 24.0 Å². The summed E-state index contributed by atoms with van der Waals surface area (Å²) in [6.07, 6.45) is 4.86. The van der Waals surface area contributed by atoms with Gasteiger partial charge in [0.25, 0.3) is 0 Å². The number of hydrogen-bond acceptors (Lipinski definition) is 3. The summed E-state index contributed by atoms with van der Waals surface area (Å²) in [6, 6.07) is 0.441. The Morgan fingerprint density at radius 3 is 2.42 bits per heavy atom. The molecule has 0 saturated heterocycles. The van der Waals surface area contributed by atoms with Crippen LogP contribution in [0, 0.1) is 5.92 Å². The number of nitrogens with one attached hydrogen (secondary N) is 2. The summed E-state index contributed by atoms with van der Waals surface area (Å²) in [5.41, 5.74) is 0. The lowest BCUT2D eigenvalue weighted by Gasteiger charge is -2.28. The third kappa shape index (κ3) is 8.33. The molecule has 2 N–H and O–H groups in total. The lowest BCUT2D eigenvalue weighted by atomic mass is 9.87. The summed E-state index contributed by atoms with van der Waals surface area (Å²) in [6.45, 7) is 10.1. The molecule has 0 aromatic carbocycles. The first kappa shape index (κ1) is 23.9. The van der Waals surface area contributed by atoms with Crippen LogP contribution in [-0.4, -0.2) is 56.7 Å². The summed E-state index contributed by atoms with van der Waals surface area (Å²) >= 11 is 0. The first-order chi connectivity index (χ1) is 10.9. The highest BCUT2D eigenvalue weighted by molar-refractivity contribution is 14.0. The molecule has 0 aromatic heterocycles. The van der Waals surface area contributed by atoms with E-state index in [1.807, 2.05) is 20.8 Å². The van der Waals surface area contributed by atoms with Crippen LogP contribution in [0.25, 0.3) is 0 Å². The van der Waals surface area contributed by atoms with Crippen molar-refractivity contribution in [3.8, 4) is 0 Å². The van der Waals surface area contributed by atoms with E-state index in [9.17, 15) is 8.42 Å². The zero-order valence-corrected chi connectivity index (χ0v) is 18.7. The van der Waals surface area contributed by atoms with Crippen molar-refractivity contribution in [3.05, 3.63) is 0 Å². The van der Waals surface area contributed by atoms with Crippen molar-refractivity contribution in [2.45, 2.75) is 59.4 Å². The van der Waals surface area contributed by atoms with Crippen LogP contribution in [0.3, 0.4) is 0 Å². The fraction of sp³-hybridized carbons (Fsp3) is 0.938. The van der Waals surface area contributed by atoms with Gasteiger partial charge in [0.15, 0.2) is 5.96 Å². The van der Waals surface area contributed by atoms with E-state index in [-0.39, 0.29) is 36.3 Å². The van der Waals surface area contributed by atoms with Crippen molar-refractivity contribution < 1.29 is 8.42 Å². The van der Waals surface area contributed by atoms with Crippen LogP contribution in [-0.2, 0) is 10.0 Å². The molecule has 2 atom stereocenters. The predicted molar refractivity (Wildman–Crippen MR) is 113 cm³/mol. The molecule has 1 aliphatic rings. The molecule has 0 radical (unpaired) electrons. The van der Waals surface area contributed by atoms with Gasteiger partial charge in [-0.05, 0) is 25.7 Å². The minimum absolute atomic E-state index is 0. The summed E-state index contributed by atoms with van der Waals surface area (Å²) in [7, 11) is -3.20. The van der Waals surface area contributed by atoms with E-state index in [1.54, 1.807) is 0 Å². The topological polar surface area (TPSA) is 73.8 Å². The molecule has 0 aliphatic heterocycles. The van der Waals surface area contributed by atoms with Gasteiger partial charge in [-0.25, -0.2) is 12.7 Å². The fourth-order valence-electron chi connectivity index (χ4n) is 3.10. The van der Waals surface area contributed by atoms with Gasteiger partial charge < -0.3 is 10.6 Å². The third-order valence-electron chi connectivity index (χ3n) is 4.34. The van der Waals surface area contributed by atoms with E-state index in [2.05, 4.69) is 22.5 Å². The summed E-state index contributed by atoms with van der Waals surface area (Å²) in [5, 5.41) is 6.68. The highest BCUT2D eigenvalue weighted by atomic mass is 127. The van der Waals surface area contributed by atoms with Gasteiger partial charge in [-0.15, -0.1) is 24.0 Å². The van der Waals surface area contributed by atoms with Crippen molar-refractivity contribution >= 4 is 40.0 Å². The molecule has 0 bridgehead atoms. The van der Waals surface area contributed by atoms with Crippen LogP contribution in [0.4, 0.5) is 0 Å². The maximum absolute atomic E-state index is 12.2. The molecule has 1 aliphatic carbocycles. The standard InChI is InChI=1S/C16H34N4O2S.HI/c1-5-17-16(19-15-10-8-9-14(4)13-15)18-11-12-23(21,22)20(6-2)7-3;/h14-15H,5-13H2,1-4H3,(H2,17,18,19);1H. The summed E-state index contributed by atoms with van der Waals surface area (Å²) < 4.78 is 25.9. The number of halogens is 1. The van der Waals surface area contributed by atoms with E-state index in [4.69, 9.17) is 0 Å². The molecule has 144 valence electrons. The molecule has 1 saturated carbocycles. The zero-order valence-electron chi connectivity index (χ0n) is 15.5. The second kappa shape index (κ2) is 12.3. The minimum Gasteiger partial charge on any atom is -0.357 e. The molecule has 0 heterocycles. The van der Waals surface area contributed by atoms with E-state index in [0.29, 0.717) is 19.1 Å². The molecule has 0 aromatic rings. The Morgan fingerprint density at radius 1 is 1.21 bits per heavy atom. The van der Waals surface area contributed by atoms with Crippen molar-refractivity contribution in [1.82, 2.24) is 14.9 Å². The summed E-state index contributed by atoms with van der Waals surface area (Å²) in [5.74, 6) is 1.54. The molecule has 0 amide bonds. The van der Waals surface area contributed by atoms with Gasteiger partial charge in [0.05, 0.1) is 12.3 Å². The van der Waals surface area contributed by atoms with Crippen molar-refractivity contribution in [3.63, 3.8) is 0 Å². The second-order valence-electron chi connectivity index (χ2n) is 6.27. The molecule has 1 rings (SSSR count). The van der Waals surface area contributed by atoms with Gasteiger partial charge in [-0.2, -0.15) is 0 Å². The van der Waals surface area contributed by atoms with E-state index in [1.165, 1.54) is 17.1 Å². The number of aliphatic imine (C=N–C) groups is 1. The number of nitrogens with zero attached hydrogens (tertiary/aromatic N) is 2. The van der Waals surface area contributed by atoms with E-state index in [0.717, 1.165) is 31.3 Å². The molecule has 0 spiro atoms. The van der Waals surface area contributed by atoms with Crippen LogP contribution in [0.2, 0.25) is 0 Å². The van der Waals surface area contributed by atoms with E-state index >= 15 is 0 Å². The molecular formula is C16H35IN4O2S. The summed E-state index contributed by atoms with van der Waals surface area (Å²) in [4.78, 5) is 4.46. The Kier molecular flexibility index (Phi) is 12.2. The Labute approximate surface area is 165 Å². The smallest absolute Gasteiger partial charge is 0.215 e. The number of guanidine groups is 1. The first-order valence-electron chi connectivity index (χ1n) is 8.95. The minimum atomic E-state index is -3.20. The maximum atomic E-state index is 12.2. The van der Waals surface area contributed by atoms with Crippen LogP contribution in [0.1, 0.15) is 53.4 Å².